The third-order valence-corrected chi connectivity index (χ3v) is 4.80. The Bertz CT molecular complexity index is 1160. The average molecular weight is 418 g/mol. The number of morpholine rings is 1. The Kier molecular flexibility index (Phi) is 4.42. The standard InChI is InChI=1S/C18H17F3N8O/c19-18(20,21)13-9-23-16-15(22-10-14-24-11-3-1-2-4-12(11)25-14)26-17(27-29(13)16)28-5-7-30-8-6-28/h1-4,9H,5-8,10H2,(H,24,25)(H,22,26,27). The highest BCUT2D eigenvalue weighted by molar-refractivity contribution is 5.74. The van der Waals surface area contributed by atoms with Gasteiger partial charge in [-0.1, -0.05) is 12.1 Å². The number of aromatic nitrogens is 6. The van der Waals surface area contributed by atoms with Crippen LogP contribution in [0, 0.1) is 0 Å². The van der Waals surface area contributed by atoms with E-state index in [1.165, 1.54) is 0 Å². The molecule has 0 saturated carbocycles. The SMILES string of the molecule is FC(F)(F)c1cnc2c(NCc3nc4ccccc4[nH]3)nc(N3CCOCC3)nn12. The number of nitrogens with zero attached hydrogens (tertiary/aromatic N) is 6. The predicted octanol–water partition coefficient (Wildman–Crippen LogP) is 2.47. The molecule has 2 N–H and O–H groups in total. The van der Waals surface area contributed by atoms with Crippen LogP contribution in [0.15, 0.2) is 30.5 Å². The molecule has 0 bridgehead atoms. The van der Waals surface area contributed by atoms with E-state index in [1.807, 2.05) is 24.3 Å². The quantitative estimate of drug-likeness (QED) is 0.526. The van der Waals surface area contributed by atoms with E-state index < -0.39 is 11.9 Å². The van der Waals surface area contributed by atoms with E-state index >= 15 is 0 Å². The number of aromatic amines is 1. The molecule has 9 nitrogen and oxygen atoms in total. The Morgan fingerprint density at radius 3 is 2.70 bits per heavy atom. The van der Waals surface area contributed by atoms with Crippen LogP contribution in [0.1, 0.15) is 11.5 Å². The van der Waals surface area contributed by atoms with E-state index in [-0.39, 0.29) is 24.0 Å². The largest absolute Gasteiger partial charge is 0.435 e. The highest BCUT2D eigenvalue weighted by Gasteiger charge is 2.36. The molecule has 3 aromatic heterocycles. The molecule has 4 heterocycles. The molecule has 0 aliphatic carbocycles. The summed E-state index contributed by atoms with van der Waals surface area (Å²) in [7, 11) is 0. The van der Waals surface area contributed by atoms with Crippen LogP contribution >= 0.6 is 0 Å². The normalized spacial score (nSPS) is 15.2. The number of nitrogens with one attached hydrogen (secondary N) is 2. The molecular weight excluding hydrogens is 401 g/mol. The van der Waals surface area contributed by atoms with Gasteiger partial charge in [-0.05, 0) is 12.1 Å². The molecule has 1 aliphatic rings. The number of alkyl halides is 3. The molecular formula is C18H17F3N8O. The number of H-pyrrole nitrogens is 1. The molecule has 0 amide bonds. The van der Waals surface area contributed by atoms with Gasteiger partial charge in [0, 0.05) is 13.1 Å². The lowest BCUT2D eigenvalue weighted by atomic mass is 10.3. The van der Waals surface area contributed by atoms with Crippen molar-refractivity contribution in [3.05, 3.63) is 42.0 Å². The number of para-hydroxylation sites is 2. The second kappa shape index (κ2) is 7.13. The molecule has 5 rings (SSSR count). The molecule has 0 unspecified atom stereocenters. The molecule has 12 heteroatoms. The molecule has 0 radical (unpaired) electrons. The third-order valence-electron chi connectivity index (χ3n) is 4.80. The highest BCUT2D eigenvalue weighted by atomic mass is 19.4. The van der Waals surface area contributed by atoms with Gasteiger partial charge in [0.15, 0.2) is 17.2 Å². The van der Waals surface area contributed by atoms with Crippen molar-refractivity contribution in [2.24, 2.45) is 0 Å². The lowest BCUT2D eigenvalue weighted by molar-refractivity contribution is -0.142. The zero-order valence-corrected chi connectivity index (χ0v) is 15.6. The van der Waals surface area contributed by atoms with Crippen molar-refractivity contribution >= 4 is 28.4 Å². The van der Waals surface area contributed by atoms with Gasteiger partial charge in [-0.2, -0.15) is 18.2 Å². The van der Waals surface area contributed by atoms with Crippen LogP contribution in [0.5, 0.6) is 0 Å². The Balaban J connectivity index is 1.52. The minimum absolute atomic E-state index is 0.00422. The lowest BCUT2D eigenvalue weighted by Crippen LogP contribution is -2.38. The number of halogens is 3. The second-order valence-electron chi connectivity index (χ2n) is 6.79. The maximum absolute atomic E-state index is 13.4. The number of anilines is 2. The molecule has 4 aromatic rings. The highest BCUT2D eigenvalue weighted by Crippen LogP contribution is 2.31. The first-order valence-electron chi connectivity index (χ1n) is 9.32. The fourth-order valence-corrected chi connectivity index (χ4v) is 3.34. The maximum atomic E-state index is 13.4. The van der Waals surface area contributed by atoms with Crippen molar-refractivity contribution in [3.8, 4) is 0 Å². The van der Waals surface area contributed by atoms with E-state index in [4.69, 9.17) is 4.74 Å². The summed E-state index contributed by atoms with van der Waals surface area (Å²) in [5.41, 5.74) is 0.712. The first-order valence-corrected chi connectivity index (χ1v) is 9.32. The van der Waals surface area contributed by atoms with Gasteiger partial charge >= 0.3 is 6.18 Å². The lowest BCUT2D eigenvalue weighted by Gasteiger charge is -2.27. The van der Waals surface area contributed by atoms with Crippen LogP contribution in [0.25, 0.3) is 16.7 Å². The van der Waals surface area contributed by atoms with Crippen molar-refractivity contribution < 1.29 is 17.9 Å². The minimum atomic E-state index is -4.59. The van der Waals surface area contributed by atoms with Gasteiger partial charge in [-0.15, -0.1) is 5.10 Å². The maximum Gasteiger partial charge on any atom is 0.435 e. The molecule has 30 heavy (non-hydrogen) atoms. The summed E-state index contributed by atoms with van der Waals surface area (Å²) in [5.74, 6) is 1.01. The predicted molar refractivity (Wildman–Crippen MR) is 102 cm³/mol. The number of imidazole rings is 2. The van der Waals surface area contributed by atoms with Crippen molar-refractivity contribution in [1.29, 1.82) is 0 Å². The van der Waals surface area contributed by atoms with Crippen LogP contribution in [0.3, 0.4) is 0 Å². The van der Waals surface area contributed by atoms with E-state index in [1.54, 1.807) is 4.90 Å². The summed E-state index contributed by atoms with van der Waals surface area (Å²) < 4.78 is 46.4. The van der Waals surface area contributed by atoms with Crippen LogP contribution < -0.4 is 10.2 Å². The number of benzene rings is 1. The molecule has 1 saturated heterocycles. The summed E-state index contributed by atoms with van der Waals surface area (Å²) >= 11 is 0. The van der Waals surface area contributed by atoms with Crippen molar-refractivity contribution in [3.63, 3.8) is 0 Å². The first kappa shape index (κ1) is 18.6. The Morgan fingerprint density at radius 2 is 1.93 bits per heavy atom. The van der Waals surface area contributed by atoms with Gasteiger partial charge in [0.2, 0.25) is 5.95 Å². The zero-order valence-electron chi connectivity index (χ0n) is 15.6. The summed E-state index contributed by atoms with van der Waals surface area (Å²) in [6, 6.07) is 7.55. The van der Waals surface area contributed by atoms with E-state index in [0.717, 1.165) is 21.7 Å². The number of hydrogen-bond donors (Lipinski definition) is 2. The van der Waals surface area contributed by atoms with Gasteiger partial charge in [0.1, 0.15) is 5.82 Å². The van der Waals surface area contributed by atoms with E-state index in [2.05, 4.69) is 30.4 Å². The van der Waals surface area contributed by atoms with Crippen molar-refractivity contribution in [2.45, 2.75) is 12.7 Å². The van der Waals surface area contributed by atoms with Gasteiger partial charge < -0.3 is 19.9 Å². The van der Waals surface area contributed by atoms with Gasteiger partial charge in [-0.3, -0.25) is 0 Å². The molecule has 0 atom stereocenters. The fraction of sp³-hybridized carbons (Fsp3) is 0.333. The zero-order chi connectivity index (χ0) is 20.7. The number of ether oxygens (including phenoxy) is 1. The van der Waals surface area contributed by atoms with Gasteiger partial charge in [0.05, 0.1) is 37.0 Å². The van der Waals surface area contributed by atoms with Gasteiger partial charge in [-0.25, -0.2) is 14.5 Å². The summed E-state index contributed by atoms with van der Waals surface area (Å²) in [4.78, 5) is 17.8. The number of fused-ring (bicyclic) bond motifs is 2. The summed E-state index contributed by atoms with van der Waals surface area (Å²) in [6.07, 6.45) is -3.83. The summed E-state index contributed by atoms with van der Waals surface area (Å²) in [6.45, 7) is 2.13. The van der Waals surface area contributed by atoms with Crippen LogP contribution in [0.4, 0.5) is 24.9 Å². The van der Waals surface area contributed by atoms with Crippen molar-refractivity contribution in [1.82, 2.24) is 29.5 Å². The summed E-state index contributed by atoms with van der Waals surface area (Å²) in [5, 5.41) is 7.16. The molecule has 1 aliphatic heterocycles. The molecule has 1 fully saturated rings. The molecule has 0 spiro atoms. The third kappa shape index (κ3) is 3.38. The van der Waals surface area contributed by atoms with E-state index in [0.29, 0.717) is 32.1 Å². The Morgan fingerprint density at radius 1 is 1.13 bits per heavy atom. The van der Waals surface area contributed by atoms with Crippen molar-refractivity contribution in [2.75, 3.05) is 36.5 Å². The van der Waals surface area contributed by atoms with Crippen LogP contribution in [-0.2, 0) is 17.5 Å². The average Bonchev–Trinajstić information content (AvgIpc) is 3.36. The Labute approximate surface area is 167 Å². The number of rotatable bonds is 4. The van der Waals surface area contributed by atoms with Crippen LogP contribution in [0.2, 0.25) is 0 Å². The monoisotopic (exact) mass is 418 g/mol. The molecule has 156 valence electrons. The fourth-order valence-electron chi connectivity index (χ4n) is 3.34. The first-order chi connectivity index (χ1) is 14.5. The van der Waals surface area contributed by atoms with E-state index in [9.17, 15) is 13.2 Å². The topological polar surface area (TPSA) is 96.3 Å². The number of hydrogen-bond acceptors (Lipinski definition) is 7. The minimum Gasteiger partial charge on any atom is -0.378 e. The van der Waals surface area contributed by atoms with Crippen LogP contribution in [-0.4, -0.2) is 55.9 Å². The Hall–Kier alpha value is -3.41. The smallest absolute Gasteiger partial charge is 0.378 e. The molecule has 1 aromatic carbocycles. The second-order valence-corrected chi connectivity index (χ2v) is 6.79. The van der Waals surface area contributed by atoms with Gasteiger partial charge in [0.25, 0.3) is 0 Å².